The van der Waals surface area contributed by atoms with E-state index in [1.807, 2.05) is 6.92 Å². The zero-order valence-corrected chi connectivity index (χ0v) is 8.53. The summed E-state index contributed by atoms with van der Waals surface area (Å²) < 4.78 is 4.97. The van der Waals surface area contributed by atoms with Gasteiger partial charge >= 0.3 is 0 Å². The van der Waals surface area contributed by atoms with Crippen LogP contribution in [0.15, 0.2) is 12.3 Å². The average Bonchev–Trinajstić information content (AvgIpc) is 2.18. The molecular weight excluding hydrogens is 180 g/mol. The Morgan fingerprint density at radius 1 is 1.64 bits per heavy atom. The Morgan fingerprint density at radius 3 is 3.07 bits per heavy atom. The molecule has 0 saturated carbocycles. The summed E-state index contributed by atoms with van der Waals surface area (Å²) in [6, 6.07) is 1.89. The quantitative estimate of drug-likeness (QED) is 0.722. The Kier molecular flexibility index (Phi) is 4.12. The van der Waals surface area contributed by atoms with Gasteiger partial charge in [0.1, 0.15) is 0 Å². The van der Waals surface area contributed by atoms with E-state index in [-0.39, 0.29) is 6.04 Å². The standard InChI is InChI=1S/C9H16N4O/c1-7(10)3-5-11-9-12-6-4-8(13-9)14-2/h4,6-7H,3,5,10H2,1-2H3,(H,11,12,13). The number of rotatable bonds is 5. The van der Waals surface area contributed by atoms with Gasteiger partial charge in [-0.05, 0) is 13.3 Å². The molecular formula is C9H16N4O. The number of nitrogens with two attached hydrogens (primary N) is 1. The number of anilines is 1. The predicted octanol–water partition coefficient (Wildman–Crippen LogP) is 0.634. The molecule has 0 radical (unpaired) electrons. The Labute approximate surface area is 83.7 Å². The number of nitrogens with zero attached hydrogens (tertiary/aromatic N) is 2. The summed E-state index contributed by atoms with van der Waals surface area (Å²) in [4.78, 5) is 8.14. The summed E-state index contributed by atoms with van der Waals surface area (Å²) in [5.41, 5.74) is 5.61. The highest BCUT2D eigenvalue weighted by atomic mass is 16.5. The lowest BCUT2D eigenvalue weighted by Gasteiger charge is -2.07. The van der Waals surface area contributed by atoms with Gasteiger partial charge in [-0.2, -0.15) is 4.98 Å². The molecule has 0 bridgehead atoms. The van der Waals surface area contributed by atoms with Crippen molar-refractivity contribution in [1.29, 1.82) is 0 Å². The minimum Gasteiger partial charge on any atom is -0.481 e. The monoisotopic (exact) mass is 196 g/mol. The molecule has 3 N–H and O–H groups in total. The molecule has 0 fully saturated rings. The Hall–Kier alpha value is -1.36. The summed E-state index contributed by atoms with van der Waals surface area (Å²) in [5.74, 6) is 1.13. The summed E-state index contributed by atoms with van der Waals surface area (Å²) in [6.45, 7) is 2.74. The lowest BCUT2D eigenvalue weighted by atomic mass is 10.2. The van der Waals surface area contributed by atoms with E-state index in [0.717, 1.165) is 13.0 Å². The second kappa shape index (κ2) is 5.39. The molecule has 78 valence electrons. The van der Waals surface area contributed by atoms with Gasteiger partial charge in [0.25, 0.3) is 0 Å². The molecule has 0 aliphatic rings. The number of nitrogens with one attached hydrogen (secondary N) is 1. The average molecular weight is 196 g/mol. The molecule has 0 spiro atoms. The molecule has 0 aliphatic carbocycles. The Morgan fingerprint density at radius 2 is 2.43 bits per heavy atom. The highest BCUT2D eigenvalue weighted by Crippen LogP contribution is 2.06. The topological polar surface area (TPSA) is 73.1 Å². The zero-order chi connectivity index (χ0) is 10.4. The van der Waals surface area contributed by atoms with Crippen LogP contribution in [0, 0.1) is 0 Å². The van der Waals surface area contributed by atoms with Crippen molar-refractivity contribution in [3.63, 3.8) is 0 Å². The van der Waals surface area contributed by atoms with Crippen LogP contribution in [0.4, 0.5) is 5.95 Å². The van der Waals surface area contributed by atoms with Gasteiger partial charge in [0.05, 0.1) is 7.11 Å². The fourth-order valence-electron chi connectivity index (χ4n) is 0.953. The van der Waals surface area contributed by atoms with E-state index in [0.29, 0.717) is 11.8 Å². The molecule has 0 aliphatic heterocycles. The highest BCUT2D eigenvalue weighted by Gasteiger charge is 1.98. The molecule has 14 heavy (non-hydrogen) atoms. The molecule has 1 atom stereocenters. The van der Waals surface area contributed by atoms with Crippen molar-refractivity contribution in [2.45, 2.75) is 19.4 Å². The minimum absolute atomic E-state index is 0.188. The first-order valence-corrected chi connectivity index (χ1v) is 4.59. The van der Waals surface area contributed by atoms with Crippen molar-refractivity contribution >= 4 is 5.95 Å². The van der Waals surface area contributed by atoms with Crippen molar-refractivity contribution in [3.05, 3.63) is 12.3 Å². The zero-order valence-electron chi connectivity index (χ0n) is 8.53. The molecule has 0 amide bonds. The summed E-state index contributed by atoms with van der Waals surface area (Å²) in [6.07, 6.45) is 2.54. The number of methoxy groups -OCH3 is 1. The van der Waals surface area contributed by atoms with E-state index in [4.69, 9.17) is 10.5 Å². The lowest BCUT2D eigenvalue weighted by molar-refractivity contribution is 0.397. The molecule has 5 heteroatoms. The largest absolute Gasteiger partial charge is 0.481 e. The van der Waals surface area contributed by atoms with E-state index < -0.39 is 0 Å². The van der Waals surface area contributed by atoms with Crippen LogP contribution in [0.1, 0.15) is 13.3 Å². The van der Waals surface area contributed by atoms with Crippen LogP contribution in [0.25, 0.3) is 0 Å². The number of aromatic nitrogens is 2. The minimum atomic E-state index is 0.188. The first-order chi connectivity index (χ1) is 6.72. The van der Waals surface area contributed by atoms with Crippen LogP contribution in [-0.4, -0.2) is 29.7 Å². The van der Waals surface area contributed by atoms with Gasteiger partial charge in [-0.1, -0.05) is 0 Å². The summed E-state index contributed by atoms with van der Waals surface area (Å²) in [5, 5.41) is 3.07. The van der Waals surface area contributed by atoms with Crippen LogP contribution in [0.5, 0.6) is 5.88 Å². The van der Waals surface area contributed by atoms with E-state index in [9.17, 15) is 0 Å². The molecule has 0 saturated heterocycles. The second-order valence-electron chi connectivity index (χ2n) is 3.12. The maximum Gasteiger partial charge on any atom is 0.225 e. The highest BCUT2D eigenvalue weighted by molar-refractivity contribution is 5.27. The van der Waals surface area contributed by atoms with Crippen LogP contribution >= 0.6 is 0 Å². The van der Waals surface area contributed by atoms with Gasteiger partial charge in [-0.15, -0.1) is 0 Å². The molecule has 5 nitrogen and oxygen atoms in total. The van der Waals surface area contributed by atoms with E-state index >= 15 is 0 Å². The summed E-state index contributed by atoms with van der Waals surface area (Å²) >= 11 is 0. The third kappa shape index (κ3) is 3.57. The number of hydrogen-bond donors (Lipinski definition) is 2. The Balaban J connectivity index is 2.42. The van der Waals surface area contributed by atoms with Crippen LogP contribution in [-0.2, 0) is 0 Å². The first-order valence-electron chi connectivity index (χ1n) is 4.59. The van der Waals surface area contributed by atoms with Crippen molar-refractivity contribution < 1.29 is 4.74 Å². The molecule has 0 aromatic carbocycles. The predicted molar refractivity (Wildman–Crippen MR) is 55.3 cm³/mol. The molecule has 1 aromatic heterocycles. The smallest absolute Gasteiger partial charge is 0.225 e. The number of ether oxygens (including phenoxy) is 1. The van der Waals surface area contributed by atoms with Gasteiger partial charge in [-0.25, -0.2) is 4.98 Å². The van der Waals surface area contributed by atoms with E-state index in [1.165, 1.54) is 0 Å². The van der Waals surface area contributed by atoms with Crippen molar-refractivity contribution in [2.24, 2.45) is 5.73 Å². The number of hydrogen-bond acceptors (Lipinski definition) is 5. The summed E-state index contributed by atoms with van der Waals surface area (Å²) in [7, 11) is 1.58. The van der Waals surface area contributed by atoms with Gasteiger partial charge in [0, 0.05) is 24.8 Å². The molecule has 1 aromatic rings. The van der Waals surface area contributed by atoms with Gasteiger partial charge in [-0.3, -0.25) is 0 Å². The third-order valence-corrected chi connectivity index (χ3v) is 1.72. The van der Waals surface area contributed by atoms with Gasteiger partial charge in [0.15, 0.2) is 0 Å². The van der Waals surface area contributed by atoms with Gasteiger partial charge < -0.3 is 15.8 Å². The second-order valence-corrected chi connectivity index (χ2v) is 3.12. The van der Waals surface area contributed by atoms with Crippen molar-refractivity contribution in [3.8, 4) is 5.88 Å². The maximum atomic E-state index is 5.61. The third-order valence-electron chi connectivity index (χ3n) is 1.72. The maximum absolute atomic E-state index is 5.61. The lowest BCUT2D eigenvalue weighted by Crippen LogP contribution is -2.19. The molecule has 1 rings (SSSR count). The first kappa shape index (κ1) is 10.7. The fraction of sp³-hybridized carbons (Fsp3) is 0.556. The van der Waals surface area contributed by atoms with Crippen molar-refractivity contribution in [2.75, 3.05) is 19.0 Å². The molecule has 1 heterocycles. The fourth-order valence-corrected chi connectivity index (χ4v) is 0.953. The SMILES string of the molecule is COc1ccnc(NCCC(C)N)n1. The van der Waals surface area contributed by atoms with Crippen LogP contribution in [0.3, 0.4) is 0 Å². The van der Waals surface area contributed by atoms with Crippen molar-refractivity contribution in [1.82, 2.24) is 9.97 Å². The van der Waals surface area contributed by atoms with Gasteiger partial charge in [0.2, 0.25) is 11.8 Å². The molecule has 1 unspecified atom stereocenters. The van der Waals surface area contributed by atoms with E-state index in [2.05, 4.69) is 15.3 Å². The normalized spacial score (nSPS) is 12.2. The van der Waals surface area contributed by atoms with E-state index in [1.54, 1.807) is 19.4 Å². The van der Waals surface area contributed by atoms with Crippen LogP contribution < -0.4 is 15.8 Å². The van der Waals surface area contributed by atoms with Crippen LogP contribution in [0.2, 0.25) is 0 Å². The Bertz CT molecular complexity index is 277.